The minimum Gasteiger partial charge on any atom is -0.489 e. The quantitative estimate of drug-likeness (QED) is 0.0808. The lowest BCUT2D eigenvalue weighted by Gasteiger charge is -2.59. The number of fused-ring (bicyclic) bond motifs is 2. The molecule has 53 heavy (non-hydrogen) atoms. The summed E-state index contributed by atoms with van der Waals surface area (Å²) in [5.41, 5.74) is 3.00. The van der Waals surface area contributed by atoms with E-state index in [2.05, 4.69) is 24.4 Å². The highest BCUT2D eigenvalue weighted by atomic mass is 19.1. The molecule has 1 amide bonds. The molecule has 0 saturated heterocycles. The van der Waals surface area contributed by atoms with Crippen LogP contribution >= 0.6 is 0 Å². The predicted octanol–water partition coefficient (Wildman–Crippen LogP) is 7.70. The first-order valence-electron chi connectivity index (χ1n) is 18.9. The number of allylic oxidation sites excluding steroid dienone is 1. The monoisotopic (exact) mass is 734 g/mol. The van der Waals surface area contributed by atoms with Crippen LogP contribution in [-0.4, -0.2) is 78.8 Å². The molecule has 0 radical (unpaired) electrons. The number of hydrogen-bond acceptors (Lipinski definition) is 9. The topological polar surface area (TPSA) is 119 Å². The van der Waals surface area contributed by atoms with E-state index in [1.54, 1.807) is 42.3 Å². The Morgan fingerprint density at radius 3 is 2.58 bits per heavy atom. The molecule has 6 unspecified atom stereocenters. The average Bonchev–Trinajstić information content (AvgIpc) is 3.17. The van der Waals surface area contributed by atoms with Crippen molar-refractivity contribution in [3.8, 4) is 11.5 Å². The molecule has 2 aromatic rings. The third-order valence-corrected chi connectivity index (χ3v) is 10.6. The lowest BCUT2D eigenvalue weighted by molar-refractivity contribution is -0.253. The van der Waals surface area contributed by atoms with Crippen molar-refractivity contribution >= 4 is 11.8 Å². The van der Waals surface area contributed by atoms with E-state index in [0.29, 0.717) is 48.6 Å². The number of aliphatic hydroxyl groups is 2. The fraction of sp³-hybridized carbons (Fsp3) is 0.524. The van der Waals surface area contributed by atoms with Crippen LogP contribution in [0.2, 0.25) is 0 Å². The van der Waals surface area contributed by atoms with Crippen molar-refractivity contribution in [1.82, 2.24) is 4.90 Å². The fourth-order valence-electron chi connectivity index (χ4n) is 8.20. The van der Waals surface area contributed by atoms with Gasteiger partial charge in [-0.15, -0.1) is 13.2 Å². The molecule has 2 aliphatic carbocycles. The molecule has 2 aromatic carbocycles. The Morgan fingerprint density at radius 1 is 1.09 bits per heavy atom. The third kappa shape index (κ3) is 8.96. The number of oxime groups is 1. The van der Waals surface area contributed by atoms with Crippen LogP contribution in [0.25, 0.3) is 0 Å². The fourth-order valence-corrected chi connectivity index (χ4v) is 8.20. The van der Waals surface area contributed by atoms with Crippen LogP contribution in [0.4, 0.5) is 9.18 Å². The number of ether oxygens (including phenoxy) is 4. The highest BCUT2D eigenvalue weighted by molar-refractivity contribution is 6.02. The molecule has 0 bridgehead atoms. The van der Waals surface area contributed by atoms with Gasteiger partial charge in [-0.3, -0.25) is 0 Å². The normalized spacial score (nSPS) is 25.0. The number of aliphatic hydroxyl groups excluding tert-OH is 2. The van der Waals surface area contributed by atoms with Gasteiger partial charge in [0.15, 0.2) is 0 Å². The van der Waals surface area contributed by atoms with Crippen LogP contribution in [0.15, 0.2) is 84.6 Å². The van der Waals surface area contributed by atoms with E-state index in [9.17, 15) is 19.4 Å². The summed E-state index contributed by atoms with van der Waals surface area (Å²) in [4.78, 5) is 21.0. The van der Waals surface area contributed by atoms with Gasteiger partial charge in [-0.25, -0.2) is 9.18 Å². The van der Waals surface area contributed by atoms with E-state index in [-0.39, 0.29) is 63.0 Å². The second kappa shape index (κ2) is 19.2. The Bertz CT molecular complexity index is 1610. The molecule has 2 N–H and O–H groups in total. The van der Waals surface area contributed by atoms with Gasteiger partial charge in [-0.2, -0.15) is 0 Å². The lowest BCUT2D eigenvalue weighted by Crippen LogP contribution is -2.69. The smallest absolute Gasteiger partial charge is 0.409 e. The highest BCUT2D eigenvalue weighted by Crippen LogP contribution is 2.61. The number of halogens is 1. The molecule has 6 atom stereocenters. The molecule has 1 heterocycles. The molecule has 1 aliphatic heterocycles. The van der Waals surface area contributed by atoms with Gasteiger partial charge in [0.25, 0.3) is 0 Å². The maximum absolute atomic E-state index is 14.6. The summed E-state index contributed by atoms with van der Waals surface area (Å²) in [6.07, 6.45) is 10.5. The van der Waals surface area contributed by atoms with Crippen molar-refractivity contribution in [1.29, 1.82) is 0 Å². The predicted molar refractivity (Wildman–Crippen MR) is 201 cm³/mol. The number of nitrogens with zero attached hydrogens (tertiary/aromatic N) is 2. The Labute approximate surface area is 312 Å². The number of carbonyl (C=O) groups excluding carboxylic acids is 1. The second-order valence-electron chi connectivity index (χ2n) is 13.9. The van der Waals surface area contributed by atoms with Gasteiger partial charge >= 0.3 is 6.09 Å². The number of likely N-dealkylation sites (N-methyl/N-ethyl adjacent to an activating group) is 1. The van der Waals surface area contributed by atoms with Crippen LogP contribution in [0, 0.1) is 23.6 Å². The summed E-state index contributed by atoms with van der Waals surface area (Å²) in [5, 5.41) is 24.2. The van der Waals surface area contributed by atoms with Crippen LogP contribution in [0.3, 0.4) is 0 Å². The third-order valence-electron chi connectivity index (χ3n) is 10.6. The van der Waals surface area contributed by atoms with Gasteiger partial charge in [0, 0.05) is 43.7 Å². The largest absolute Gasteiger partial charge is 0.489 e. The van der Waals surface area contributed by atoms with Crippen molar-refractivity contribution in [3.63, 3.8) is 0 Å². The molecule has 1 saturated carbocycles. The molecule has 0 aromatic heterocycles. The summed E-state index contributed by atoms with van der Waals surface area (Å²) >= 11 is 0. The molecule has 10 nitrogen and oxygen atoms in total. The summed E-state index contributed by atoms with van der Waals surface area (Å²) in [6.45, 7) is 10.5. The minimum atomic E-state index is -1.38. The number of benzene rings is 2. The number of amides is 1. The minimum absolute atomic E-state index is 0.0493. The zero-order valence-electron chi connectivity index (χ0n) is 31.1. The van der Waals surface area contributed by atoms with E-state index < -0.39 is 23.8 Å². The number of hydrogen-bond donors (Lipinski definition) is 2. The Hall–Kier alpha value is -4.19. The van der Waals surface area contributed by atoms with Crippen molar-refractivity contribution in [2.45, 2.75) is 82.6 Å². The first-order valence-corrected chi connectivity index (χ1v) is 18.9. The van der Waals surface area contributed by atoms with Crippen molar-refractivity contribution < 1.29 is 43.2 Å². The van der Waals surface area contributed by atoms with Gasteiger partial charge in [-0.05, 0) is 80.7 Å². The van der Waals surface area contributed by atoms with E-state index >= 15 is 0 Å². The first kappa shape index (κ1) is 40.0. The molecule has 11 heteroatoms. The van der Waals surface area contributed by atoms with Gasteiger partial charge in [-0.1, -0.05) is 54.4 Å². The molecular formula is C42H55FN2O8. The molecule has 5 rings (SSSR count). The summed E-state index contributed by atoms with van der Waals surface area (Å²) in [5.74, 6) is -1.07. The van der Waals surface area contributed by atoms with E-state index in [1.807, 2.05) is 25.1 Å². The van der Waals surface area contributed by atoms with Gasteiger partial charge < -0.3 is 38.9 Å². The lowest BCUT2D eigenvalue weighted by atomic mass is 9.55. The second-order valence-corrected chi connectivity index (χ2v) is 13.9. The highest BCUT2D eigenvalue weighted by Gasteiger charge is 2.65. The molecule has 0 spiro atoms. The van der Waals surface area contributed by atoms with Crippen LogP contribution < -0.4 is 9.47 Å². The maximum Gasteiger partial charge on any atom is 0.409 e. The van der Waals surface area contributed by atoms with Crippen LogP contribution in [-0.2, 0) is 20.9 Å². The first-order chi connectivity index (χ1) is 25.8. The van der Waals surface area contributed by atoms with E-state index in [4.69, 9.17) is 23.8 Å². The Morgan fingerprint density at radius 2 is 1.87 bits per heavy atom. The van der Waals surface area contributed by atoms with Crippen molar-refractivity contribution in [2.75, 3.05) is 40.1 Å². The Balaban J connectivity index is 1.70. The summed E-state index contributed by atoms with van der Waals surface area (Å²) in [7, 11) is 1.69. The van der Waals surface area contributed by atoms with Crippen LogP contribution in [0.1, 0.15) is 75.3 Å². The SMILES string of the molecule is C=CCCOC(=O)N(C)C1CC(=NOCC)C2=CC(CCCCO)C(CCCCO)C3c4cc(OCc5ccccc5F)ccc4OC1(OCC=C)C23. The maximum atomic E-state index is 14.6. The van der Waals surface area contributed by atoms with Crippen molar-refractivity contribution in [3.05, 3.63) is 96.4 Å². The standard InChI is InChI=1S/C42H55FN2O8/c1-5-8-24-49-41(48)45(4)38-27-36(44-52-7-3)33-25-29(15-11-13-21-46)32(17-12-14-22-47)39-34-26-31(50-28-30-16-9-10-18-35(30)43)19-20-37(34)53-42(38,40(33)39)51-23-6-2/h5-6,9-10,16,18-20,25-26,29,32,38-40,46-47H,1-2,7-8,11-15,17,21-24,27-28H2,3-4H3. The van der Waals surface area contributed by atoms with Crippen molar-refractivity contribution in [2.24, 2.45) is 22.9 Å². The number of unbranched alkanes of at least 4 members (excludes halogenated alkanes) is 2. The molecular weight excluding hydrogens is 679 g/mol. The molecule has 1 fully saturated rings. The zero-order chi connectivity index (χ0) is 37.8. The molecule has 288 valence electrons. The number of rotatable bonds is 20. The number of carbonyl (C=O) groups is 1. The van der Waals surface area contributed by atoms with Crippen LogP contribution in [0.5, 0.6) is 11.5 Å². The van der Waals surface area contributed by atoms with E-state index in [0.717, 1.165) is 36.8 Å². The molecule has 3 aliphatic rings. The summed E-state index contributed by atoms with van der Waals surface area (Å²) < 4.78 is 40.4. The van der Waals surface area contributed by atoms with Gasteiger partial charge in [0.05, 0.1) is 24.8 Å². The van der Waals surface area contributed by atoms with E-state index in [1.165, 1.54) is 6.07 Å². The van der Waals surface area contributed by atoms with Gasteiger partial charge in [0.2, 0.25) is 5.79 Å². The van der Waals surface area contributed by atoms with Gasteiger partial charge in [0.1, 0.15) is 36.6 Å². The average molecular weight is 735 g/mol. The zero-order valence-corrected chi connectivity index (χ0v) is 31.1. The summed E-state index contributed by atoms with van der Waals surface area (Å²) in [6, 6.07) is 11.5. The Kier molecular flexibility index (Phi) is 14.5.